The maximum atomic E-state index is 5.54. The first-order chi connectivity index (χ1) is 8.90. The van der Waals surface area contributed by atoms with E-state index in [9.17, 15) is 0 Å². The minimum absolute atomic E-state index is 0.471. The molecule has 0 saturated carbocycles. The molecule has 3 saturated heterocycles. The van der Waals surface area contributed by atoms with E-state index >= 15 is 0 Å². The molecule has 18 heavy (non-hydrogen) atoms. The van der Waals surface area contributed by atoms with Gasteiger partial charge < -0.3 is 9.84 Å². The van der Waals surface area contributed by atoms with E-state index in [4.69, 9.17) is 9.51 Å². The second kappa shape index (κ2) is 4.53. The van der Waals surface area contributed by atoms with E-state index in [1.165, 1.54) is 44.3 Å². The van der Waals surface area contributed by atoms with Crippen LogP contribution in [0.4, 0.5) is 0 Å². The van der Waals surface area contributed by atoms with Crippen molar-refractivity contribution in [2.24, 2.45) is 0 Å². The van der Waals surface area contributed by atoms with E-state index in [2.05, 4.69) is 10.5 Å². The van der Waals surface area contributed by atoms with Crippen LogP contribution < -0.4 is 5.32 Å². The summed E-state index contributed by atoms with van der Waals surface area (Å²) in [5.74, 6) is 3.54. The van der Waals surface area contributed by atoms with E-state index in [1.54, 1.807) is 0 Å². The van der Waals surface area contributed by atoms with E-state index in [-0.39, 0.29) is 0 Å². The number of fused-ring (bicyclic) bond motifs is 2. The summed E-state index contributed by atoms with van der Waals surface area (Å²) in [5.41, 5.74) is 0. The second-order valence-electron chi connectivity index (χ2n) is 5.74. The maximum Gasteiger partial charge on any atom is 0.231 e. The summed E-state index contributed by atoms with van der Waals surface area (Å²) in [6.45, 7) is 0. The van der Waals surface area contributed by atoms with Gasteiger partial charge in [0.15, 0.2) is 5.82 Å². The fraction of sp³-hybridized carbons (Fsp3) is 0.846. The molecule has 0 aromatic carbocycles. The highest BCUT2D eigenvalue weighted by Gasteiger charge is 2.42. The van der Waals surface area contributed by atoms with Crippen molar-refractivity contribution in [1.29, 1.82) is 0 Å². The zero-order valence-corrected chi connectivity index (χ0v) is 11.3. The molecule has 4 unspecified atom stereocenters. The second-order valence-corrected chi connectivity index (χ2v) is 7.05. The van der Waals surface area contributed by atoms with Crippen LogP contribution in [0.15, 0.2) is 4.52 Å². The van der Waals surface area contributed by atoms with Crippen molar-refractivity contribution in [3.05, 3.63) is 11.7 Å². The lowest BCUT2D eigenvalue weighted by Gasteiger charge is -2.17. The Morgan fingerprint density at radius 2 is 2.22 bits per heavy atom. The number of hydrogen-bond donors (Lipinski definition) is 1. The van der Waals surface area contributed by atoms with Gasteiger partial charge in [-0.05, 0) is 37.9 Å². The molecule has 0 radical (unpaired) electrons. The number of nitrogens with zero attached hydrogens (tertiary/aromatic N) is 2. The average molecular weight is 265 g/mol. The lowest BCUT2D eigenvalue weighted by atomic mass is 9.89. The molecule has 98 valence electrons. The van der Waals surface area contributed by atoms with Gasteiger partial charge in [0, 0.05) is 12.1 Å². The van der Waals surface area contributed by atoms with Crippen molar-refractivity contribution in [2.45, 2.75) is 61.8 Å². The Morgan fingerprint density at radius 1 is 1.22 bits per heavy atom. The van der Waals surface area contributed by atoms with Crippen LogP contribution in [0.1, 0.15) is 61.4 Å². The maximum absolute atomic E-state index is 5.54. The molecule has 4 heterocycles. The van der Waals surface area contributed by atoms with E-state index in [0.29, 0.717) is 23.3 Å². The average Bonchev–Trinajstić information content (AvgIpc) is 3.15. The lowest BCUT2D eigenvalue weighted by Crippen LogP contribution is -2.21. The predicted octanol–water partition coefficient (Wildman–Crippen LogP) is 2.64. The molecule has 2 bridgehead atoms. The number of hydrogen-bond acceptors (Lipinski definition) is 5. The van der Waals surface area contributed by atoms with Crippen LogP contribution in [-0.2, 0) is 0 Å². The van der Waals surface area contributed by atoms with Gasteiger partial charge in [-0.25, -0.2) is 0 Å². The Bertz CT molecular complexity index is 430. The molecule has 4 atom stereocenters. The first kappa shape index (κ1) is 11.3. The Kier molecular flexibility index (Phi) is 2.84. The molecule has 4 rings (SSSR count). The smallest absolute Gasteiger partial charge is 0.231 e. The fourth-order valence-corrected chi connectivity index (χ4v) is 4.80. The highest BCUT2D eigenvalue weighted by molar-refractivity contribution is 7.99. The fourth-order valence-electron chi connectivity index (χ4n) is 3.57. The quantitative estimate of drug-likeness (QED) is 0.891. The van der Waals surface area contributed by atoms with E-state index in [1.807, 2.05) is 11.8 Å². The topological polar surface area (TPSA) is 51.0 Å². The van der Waals surface area contributed by atoms with Crippen LogP contribution >= 0.6 is 11.8 Å². The van der Waals surface area contributed by atoms with Gasteiger partial charge in [-0.2, -0.15) is 16.7 Å². The highest BCUT2D eigenvalue weighted by Crippen LogP contribution is 2.41. The third-order valence-electron chi connectivity index (χ3n) is 4.54. The minimum Gasteiger partial charge on any atom is -0.339 e. The first-order valence-corrected chi connectivity index (χ1v) is 8.16. The van der Waals surface area contributed by atoms with E-state index in [0.717, 1.165) is 11.7 Å². The molecule has 0 spiro atoms. The van der Waals surface area contributed by atoms with Crippen molar-refractivity contribution < 1.29 is 4.52 Å². The van der Waals surface area contributed by atoms with Gasteiger partial charge in [-0.1, -0.05) is 11.6 Å². The molecular weight excluding hydrogens is 246 g/mol. The van der Waals surface area contributed by atoms with Crippen LogP contribution in [0.25, 0.3) is 0 Å². The molecule has 3 aliphatic rings. The number of aromatic nitrogens is 2. The van der Waals surface area contributed by atoms with Crippen LogP contribution in [-0.4, -0.2) is 28.0 Å². The standard InChI is InChI=1S/C13H19N3OS/c1-2-6-18-11(3-1)12-15-13(17-16-12)9-7-8-4-5-10(9)14-8/h8-11,14H,1-7H2. The molecule has 5 heteroatoms. The Hall–Kier alpha value is -0.550. The molecule has 0 aliphatic carbocycles. The van der Waals surface area contributed by atoms with Crippen molar-refractivity contribution in [2.75, 3.05) is 5.75 Å². The van der Waals surface area contributed by atoms with Gasteiger partial charge in [-0.15, -0.1) is 0 Å². The normalized spacial score (nSPS) is 39.3. The third kappa shape index (κ3) is 1.88. The largest absolute Gasteiger partial charge is 0.339 e. The lowest BCUT2D eigenvalue weighted by molar-refractivity contribution is 0.326. The molecule has 1 aromatic rings. The minimum atomic E-state index is 0.471. The van der Waals surface area contributed by atoms with Crippen LogP contribution in [0.3, 0.4) is 0 Å². The Balaban J connectivity index is 1.51. The summed E-state index contributed by atoms with van der Waals surface area (Å²) in [6, 6.07) is 1.28. The summed E-state index contributed by atoms with van der Waals surface area (Å²) < 4.78 is 5.54. The summed E-state index contributed by atoms with van der Waals surface area (Å²) in [4.78, 5) is 4.70. The summed E-state index contributed by atoms with van der Waals surface area (Å²) >= 11 is 1.99. The van der Waals surface area contributed by atoms with Crippen LogP contribution in [0.5, 0.6) is 0 Å². The molecule has 1 N–H and O–H groups in total. The van der Waals surface area contributed by atoms with Crippen molar-refractivity contribution in [3.63, 3.8) is 0 Å². The van der Waals surface area contributed by atoms with Crippen molar-refractivity contribution in [3.8, 4) is 0 Å². The number of nitrogens with one attached hydrogen (secondary N) is 1. The van der Waals surface area contributed by atoms with Crippen LogP contribution in [0.2, 0.25) is 0 Å². The zero-order chi connectivity index (χ0) is 11.9. The third-order valence-corrected chi connectivity index (χ3v) is 5.92. The van der Waals surface area contributed by atoms with Gasteiger partial charge in [0.25, 0.3) is 0 Å². The van der Waals surface area contributed by atoms with Gasteiger partial charge in [-0.3, -0.25) is 0 Å². The molecule has 3 aliphatic heterocycles. The first-order valence-electron chi connectivity index (χ1n) is 7.11. The van der Waals surface area contributed by atoms with Crippen molar-refractivity contribution in [1.82, 2.24) is 15.5 Å². The van der Waals surface area contributed by atoms with Gasteiger partial charge in [0.2, 0.25) is 5.89 Å². The monoisotopic (exact) mass is 265 g/mol. The molecule has 1 aromatic heterocycles. The molecule has 4 nitrogen and oxygen atoms in total. The molecular formula is C13H19N3OS. The van der Waals surface area contributed by atoms with Crippen LogP contribution in [0, 0.1) is 0 Å². The molecule has 0 amide bonds. The highest BCUT2D eigenvalue weighted by atomic mass is 32.2. The number of rotatable bonds is 2. The van der Waals surface area contributed by atoms with Gasteiger partial charge in [0.05, 0.1) is 11.2 Å². The summed E-state index contributed by atoms with van der Waals surface area (Å²) in [6.07, 6.45) is 7.62. The van der Waals surface area contributed by atoms with E-state index < -0.39 is 0 Å². The van der Waals surface area contributed by atoms with Gasteiger partial charge >= 0.3 is 0 Å². The molecule has 3 fully saturated rings. The SMILES string of the molecule is C1CCC(c2noc(C3CC4CCC3N4)n2)SC1. The summed E-state index contributed by atoms with van der Waals surface area (Å²) in [7, 11) is 0. The Labute approximate surface area is 111 Å². The van der Waals surface area contributed by atoms with Gasteiger partial charge in [0.1, 0.15) is 0 Å². The number of thioether (sulfide) groups is 1. The Morgan fingerprint density at radius 3 is 2.94 bits per heavy atom. The summed E-state index contributed by atoms with van der Waals surface area (Å²) in [5, 5.41) is 8.34. The zero-order valence-electron chi connectivity index (χ0n) is 10.5. The van der Waals surface area contributed by atoms with Crippen molar-refractivity contribution >= 4 is 11.8 Å². The predicted molar refractivity (Wildman–Crippen MR) is 70.7 cm³/mol.